The normalized spacial score (nSPS) is 39.3. The van der Waals surface area contributed by atoms with E-state index in [0.29, 0.717) is 5.41 Å². The first kappa shape index (κ1) is 12.1. The molecule has 5 aliphatic rings. The predicted octanol–water partition coefficient (Wildman–Crippen LogP) is 2.06. The summed E-state index contributed by atoms with van der Waals surface area (Å²) in [5.74, 6) is 3.79. The Morgan fingerprint density at radius 1 is 1.19 bits per heavy atom. The second-order valence-corrected chi connectivity index (χ2v) is 7.85. The number of nitrogens with two attached hydrogens (primary N) is 1. The number of aromatic nitrogens is 2. The summed E-state index contributed by atoms with van der Waals surface area (Å²) in [4.78, 5) is 0. The van der Waals surface area contributed by atoms with Crippen LogP contribution in [0.5, 0.6) is 0 Å². The average molecular weight is 285 g/mol. The number of rotatable bonds is 1. The van der Waals surface area contributed by atoms with Crippen molar-refractivity contribution < 1.29 is 0 Å². The van der Waals surface area contributed by atoms with Crippen molar-refractivity contribution in [1.29, 1.82) is 5.41 Å². The van der Waals surface area contributed by atoms with Gasteiger partial charge in [0.25, 0.3) is 0 Å². The van der Waals surface area contributed by atoms with Gasteiger partial charge in [-0.05, 0) is 62.7 Å². The highest BCUT2D eigenvalue weighted by Crippen LogP contribution is 2.61. The fraction of sp³-hybridized carbons (Fsp3) is 0.750. The number of anilines is 1. The SMILES string of the molecule is N=C(N)n1nc(C23CC4CC(CC(C4)C2)C3)c2c1NCC2. The highest BCUT2D eigenvalue weighted by atomic mass is 15.4. The van der Waals surface area contributed by atoms with E-state index in [2.05, 4.69) is 5.32 Å². The summed E-state index contributed by atoms with van der Waals surface area (Å²) >= 11 is 0. The van der Waals surface area contributed by atoms with Crippen LogP contribution in [-0.2, 0) is 11.8 Å². The van der Waals surface area contributed by atoms with Crippen molar-refractivity contribution in [2.75, 3.05) is 11.9 Å². The first-order valence-electron chi connectivity index (χ1n) is 8.35. The lowest BCUT2D eigenvalue weighted by Gasteiger charge is -2.56. The van der Waals surface area contributed by atoms with E-state index in [9.17, 15) is 0 Å². The van der Waals surface area contributed by atoms with E-state index >= 15 is 0 Å². The molecular formula is C16H23N5. The molecule has 0 unspecified atom stereocenters. The molecule has 4 fully saturated rings. The van der Waals surface area contributed by atoms with Crippen LogP contribution < -0.4 is 11.1 Å². The first-order chi connectivity index (χ1) is 10.1. The van der Waals surface area contributed by atoms with Crippen molar-refractivity contribution in [2.24, 2.45) is 23.5 Å². The van der Waals surface area contributed by atoms with Crippen LogP contribution in [0.15, 0.2) is 0 Å². The number of hydrogen-bond acceptors (Lipinski definition) is 3. The molecule has 5 nitrogen and oxygen atoms in total. The van der Waals surface area contributed by atoms with Gasteiger partial charge in [-0.3, -0.25) is 5.41 Å². The third-order valence-electron chi connectivity index (χ3n) is 6.42. The largest absolute Gasteiger partial charge is 0.369 e. The summed E-state index contributed by atoms with van der Waals surface area (Å²) in [6.45, 7) is 0.958. The maximum Gasteiger partial charge on any atom is 0.215 e. The Bertz CT molecular complexity index is 594. The van der Waals surface area contributed by atoms with Crippen molar-refractivity contribution in [2.45, 2.75) is 50.4 Å². The molecule has 0 aromatic carbocycles. The molecule has 5 heteroatoms. The van der Waals surface area contributed by atoms with Crippen molar-refractivity contribution in [1.82, 2.24) is 9.78 Å². The van der Waals surface area contributed by atoms with E-state index in [1.807, 2.05) is 0 Å². The van der Waals surface area contributed by atoms with E-state index in [1.54, 1.807) is 4.68 Å². The number of hydrogen-bond donors (Lipinski definition) is 3. The van der Waals surface area contributed by atoms with Gasteiger partial charge in [-0.2, -0.15) is 9.78 Å². The van der Waals surface area contributed by atoms with Gasteiger partial charge in [-0.25, -0.2) is 0 Å². The zero-order chi connectivity index (χ0) is 14.2. The molecule has 4 aliphatic carbocycles. The number of nitrogen functional groups attached to an aromatic ring is 1. The fourth-order valence-electron chi connectivity index (χ4n) is 6.18. The average Bonchev–Trinajstić information content (AvgIpc) is 2.96. The minimum atomic E-state index is 0.0385. The summed E-state index contributed by atoms with van der Waals surface area (Å²) in [6, 6.07) is 0. The van der Waals surface area contributed by atoms with E-state index in [4.69, 9.17) is 16.2 Å². The summed E-state index contributed by atoms with van der Waals surface area (Å²) in [7, 11) is 0. The van der Waals surface area contributed by atoms with Gasteiger partial charge in [0.2, 0.25) is 5.96 Å². The van der Waals surface area contributed by atoms with Gasteiger partial charge in [-0.1, -0.05) is 0 Å². The molecule has 1 aromatic rings. The van der Waals surface area contributed by atoms with Crippen molar-refractivity contribution >= 4 is 11.8 Å². The number of fused-ring (bicyclic) bond motifs is 1. The minimum Gasteiger partial charge on any atom is -0.369 e. The first-order valence-corrected chi connectivity index (χ1v) is 8.35. The maximum atomic E-state index is 7.79. The molecule has 0 amide bonds. The van der Waals surface area contributed by atoms with Crippen LogP contribution in [0, 0.1) is 23.2 Å². The lowest BCUT2D eigenvalue weighted by Crippen LogP contribution is -2.49. The highest BCUT2D eigenvalue weighted by molar-refractivity contribution is 5.81. The Balaban J connectivity index is 1.65. The van der Waals surface area contributed by atoms with Gasteiger partial charge < -0.3 is 11.1 Å². The van der Waals surface area contributed by atoms with E-state index in [0.717, 1.165) is 36.5 Å². The van der Waals surface area contributed by atoms with Gasteiger partial charge in [0.15, 0.2) is 0 Å². The van der Waals surface area contributed by atoms with Gasteiger partial charge in [-0.15, -0.1) is 0 Å². The Hall–Kier alpha value is -1.52. The monoisotopic (exact) mass is 285 g/mol. The molecular weight excluding hydrogens is 262 g/mol. The second-order valence-electron chi connectivity index (χ2n) is 7.85. The smallest absolute Gasteiger partial charge is 0.215 e. The predicted molar refractivity (Wildman–Crippen MR) is 81.6 cm³/mol. The lowest BCUT2D eigenvalue weighted by atomic mass is 9.48. The zero-order valence-electron chi connectivity index (χ0n) is 12.4. The Morgan fingerprint density at radius 2 is 1.81 bits per heavy atom. The van der Waals surface area contributed by atoms with Gasteiger partial charge in [0, 0.05) is 17.5 Å². The molecule has 2 heterocycles. The Morgan fingerprint density at radius 3 is 2.38 bits per heavy atom. The molecule has 4 bridgehead atoms. The molecule has 0 radical (unpaired) electrons. The van der Waals surface area contributed by atoms with E-state index in [1.165, 1.54) is 49.8 Å². The molecule has 112 valence electrons. The molecule has 4 saturated carbocycles. The topological polar surface area (TPSA) is 79.7 Å². The molecule has 0 atom stereocenters. The third-order valence-corrected chi connectivity index (χ3v) is 6.42. The maximum absolute atomic E-state index is 7.79. The highest BCUT2D eigenvalue weighted by Gasteiger charge is 2.54. The molecule has 1 aliphatic heterocycles. The molecule has 6 rings (SSSR count). The number of nitrogens with one attached hydrogen (secondary N) is 2. The van der Waals surface area contributed by atoms with Crippen LogP contribution in [0.3, 0.4) is 0 Å². The van der Waals surface area contributed by atoms with Crippen molar-refractivity contribution in [3.05, 3.63) is 11.3 Å². The van der Waals surface area contributed by atoms with E-state index < -0.39 is 0 Å². The summed E-state index contributed by atoms with van der Waals surface area (Å²) < 4.78 is 1.64. The van der Waals surface area contributed by atoms with Gasteiger partial charge >= 0.3 is 0 Å². The third kappa shape index (κ3) is 1.52. The second kappa shape index (κ2) is 3.81. The van der Waals surface area contributed by atoms with Crippen molar-refractivity contribution in [3.63, 3.8) is 0 Å². The van der Waals surface area contributed by atoms with Crippen LogP contribution in [-0.4, -0.2) is 22.3 Å². The summed E-state index contributed by atoms with van der Waals surface area (Å²) in [5, 5.41) is 16.0. The van der Waals surface area contributed by atoms with Crippen LogP contribution >= 0.6 is 0 Å². The minimum absolute atomic E-state index is 0.0385. The fourth-order valence-corrected chi connectivity index (χ4v) is 6.18. The Kier molecular flexibility index (Phi) is 2.19. The van der Waals surface area contributed by atoms with Crippen LogP contribution in [0.4, 0.5) is 5.82 Å². The summed E-state index contributed by atoms with van der Waals surface area (Å²) in [6.07, 6.45) is 9.36. The Labute approximate surface area is 124 Å². The standard InChI is InChI=1S/C16H23N5/c17-15(18)21-14-12(1-2-19-14)13(20-21)16-6-9-3-10(7-16)5-11(4-9)8-16/h9-11,19H,1-8H2,(H3,17,18). The molecule has 0 saturated heterocycles. The van der Waals surface area contributed by atoms with Crippen LogP contribution in [0.1, 0.15) is 49.8 Å². The van der Waals surface area contributed by atoms with Gasteiger partial charge in [0.1, 0.15) is 5.82 Å². The zero-order valence-corrected chi connectivity index (χ0v) is 12.4. The van der Waals surface area contributed by atoms with Crippen LogP contribution in [0.25, 0.3) is 0 Å². The number of nitrogens with zero attached hydrogens (tertiary/aromatic N) is 2. The molecule has 0 spiro atoms. The van der Waals surface area contributed by atoms with Crippen molar-refractivity contribution in [3.8, 4) is 0 Å². The molecule has 1 aromatic heterocycles. The molecule has 4 N–H and O–H groups in total. The quantitative estimate of drug-likeness (QED) is 0.546. The lowest BCUT2D eigenvalue weighted by molar-refractivity contribution is -0.00767. The molecule has 21 heavy (non-hydrogen) atoms. The summed E-state index contributed by atoms with van der Waals surface area (Å²) in [5.41, 5.74) is 8.68. The van der Waals surface area contributed by atoms with Gasteiger partial charge in [0.05, 0.1) is 5.69 Å². The van der Waals surface area contributed by atoms with Crippen LogP contribution in [0.2, 0.25) is 0 Å². The van der Waals surface area contributed by atoms with E-state index in [-0.39, 0.29) is 5.96 Å².